The second kappa shape index (κ2) is 10.6. The van der Waals surface area contributed by atoms with Crippen LogP contribution in [0.3, 0.4) is 0 Å². The molecule has 3 N–H and O–H groups in total. The minimum absolute atomic E-state index is 0.126. The van der Waals surface area contributed by atoms with E-state index in [0.717, 1.165) is 38.0 Å². The molecule has 9 heteroatoms. The Kier molecular flexibility index (Phi) is 7.69. The van der Waals surface area contributed by atoms with Crippen molar-refractivity contribution in [2.24, 2.45) is 0 Å². The predicted octanol–water partition coefficient (Wildman–Crippen LogP) is 1.60. The highest BCUT2D eigenvalue weighted by molar-refractivity contribution is 5.96. The molecule has 164 valence electrons. The van der Waals surface area contributed by atoms with Crippen molar-refractivity contribution in [2.75, 3.05) is 19.6 Å². The Hall–Kier alpha value is -3.30. The molecule has 2 aromatic carbocycles. The number of carbonyl (C=O) groups is 2. The Labute approximate surface area is 180 Å². The number of rotatable bonds is 8. The second-order valence-corrected chi connectivity index (χ2v) is 7.59. The predicted molar refractivity (Wildman–Crippen MR) is 114 cm³/mol. The summed E-state index contributed by atoms with van der Waals surface area (Å²) in [6.07, 6.45) is 1.43. The number of nitrogens with one attached hydrogen (secondary N) is 2. The van der Waals surface area contributed by atoms with Crippen LogP contribution in [0, 0.1) is 10.1 Å². The van der Waals surface area contributed by atoms with Gasteiger partial charge in [-0.15, -0.1) is 0 Å². The van der Waals surface area contributed by atoms with E-state index in [9.17, 15) is 24.8 Å². The Morgan fingerprint density at radius 1 is 1.06 bits per heavy atom. The third-order valence-electron chi connectivity index (χ3n) is 5.20. The van der Waals surface area contributed by atoms with Crippen molar-refractivity contribution in [3.63, 3.8) is 0 Å². The van der Waals surface area contributed by atoms with Gasteiger partial charge in [-0.1, -0.05) is 30.3 Å². The molecule has 0 bridgehead atoms. The first-order valence-corrected chi connectivity index (χ1v) is 10.2. The van der Waals surface area contributed by atoms with Gasteiger partial charge in [0.1, 0.15) is 0 Å². The summed E-state index contributed by atoms with van der Waals surface area (Å²) in [5.74, 6) is -0.900. The molecule has 0 atom stereocenters. The quantitative estimate of drug-likeness (QED) is 0.435. The van der Waals surface area contributed by atoms with Gasteiger partial charge in [-0.2, -0.15) is 0 Å². The van der Waals surface area contributed by atoms with Crippen LogP contribution in [0.25, 0.3) is 0 Å². The first-order valence-electron chi connectivity index (χ1n) is 10.2. The fourth-order valence-corrected chi connectivity index (χ4v) is 3.38. The number of non-ortho nitro benzene ring substituents is 1. The first-order chi connectivity index (χ1) is 14.9. The number of hydrogen-bond acceptors (Lipinski definition) is 6. The summed E-state index contributed by atoms with van der Waals surface area (Å²) in [4.78, 5) is 36.6. The van der Waals surface area contributed by atoms with Crippen molar-refractivity contribution in [2.45, 2.75) is 32.0 Å². The normalized spacial score (nSPS) is 14.7. The molecule has 1 aliphatic heterocycles. The lowest BCUT2D eigenvalue weighted by Crippen LogP contribution is -2.36. The molecule has 1 aliphatic rings. The van der Waals surface area contributed by atoms with Gasteiger partial charge in [-0.3, -0.25) is 24.6 Å². The topological polar surface area (TPSA) is 125 Å². The average molecular weight is 426 g/mol. The Bertz CT molecular complexity index is 924. The smallest absolute Gasteiger partial charge is 0.270 e. The van der Waals surface area contributed by atoms with Crippen molar-refractivity contribution < 1.29 is 19.6 Å². The molecule has 0 aliphatic carbocycles. The largest absolute Gasteiger partial charge is 0.393 e. The summed E-state index contributed by atoms with van der Waals surface area (Å²) in [6, 6.07) is 13.3. The summed E-state index contributed by atoms with van der Waals surface area (Å²) in [6.45, 7) is 2.73. The van der Waals surface area contributed by atoms with Gasteiger partial charge in [-0.05, 0) is 30.0 Å². The van der Waals surface area contributed by atoms with Crippen LogP contribution in [0.1, 0.15) is 34.3 Å². The summed E-state index contributed by atoms with van der Waals surface area (Å²) >= 11 is 0. The lowest BCUT2D eigenvalue weighted by molar-refractivity contribution is -0.384. The highest BCUT2D eigenvalue weighted by atomic mass is 16.6. The van der Waals surface area contributed by atoms with Crippen molar-refractivity contribution in [1.29, 1.82) is 0 Å². The number of nitro benzene ring substituents is 1. The fourth-order valence-electron chi connectivity index (χ4n) is 3.38. The average Bonchev–Trinajstić information content (AvgIpc) is 2.78. The van der Waals surface area contributed by atoms with E-state index in [4.69, 9.17) is 0 Å². The van der Waals surface area contributed by atoms with Crippen molar-refractivity contribution in [1.82, 2.24) is 15.5 Å². The summed E-state index contributed by atoms with van der Waals surface area (Å²) in [5, 5.41) is 25.6. The lowest BCUT2D eigenvalue weighted by Gasteiger charge is -2.29. The SMILES string of the molecule is O=C(CNC(=O)c1cccc([N+](=O)[O-])c1)NCc1ccc(CN2CCC(O)CC2)cc1. The zero-order valence-electron chi connectivity index (χ0n) is 17.1. The van der Waals surface area contributed by atoms with Crippen molar-refractivity contribution in [3.05, 3.63) is 75.3 Å². The number of hydrogen-bond donors (Lipinski definition) is 3. The highest BCUT2D eigenvalue weighted by Gasteiger charge is 2.17. The van der Waals surface area contributed by atoms with E-state index in [1.54, 1.807) is 0 Å². The van der Waals surface area contributed by atoms with Crippen molar-refractivity contribution in [3.8, 4) is 0 Å². The van der Waals surface area contributed by atoms with Gasteiger partial charge in [-0.25, -0.2) is 0 Å². The molecule has 0 saturated carbocycles. The number of likely N-dealkylation sites (tertiary alicyclic amines) is 1. The minimum Gasteiger partial charge on any atom is -0.393 e. The molecule has 3 rings (SSSR count). The molecule has 1 fully saturated rings. The number of carbonyl (C=O) groups excluding carboxylic acids is 2. The number of nitrogens with zero attached hydrogens (tertiary/aromatic N) is 2. The number of aliphatic hydroxyl groups excluding tert-OH is 1. The molecule has 0 spiro atoms. The number of aliphatic hydroxyl groups is 1. The number of amides is 2. The fraction of sp³-hybridized carbons (Fsp3) is 0.364. The van der Waals surface area contributed by atoms with Gasteiger partial charge in [0.25, 0.3) is 11.6 Å². The van der Waals surface area contributed by atoms with Gasteiger partial charge in [0.05, 0.1) is 17.6 Å². The van der Waals surface area contributed by atoms with E-state index in [1.165, 1.54) is 29.8 Å². The molecule has 0 radical (unpaired) electrons. The zero-order valence-corrected chi connectivity index (χ0v) is 17.1. The number of piperidine rings is 1. The van der Waals surface area contributed by atoms with E-state index < -0.39 is 10.8 Å². The molecular formula is C22H26N4O5. The second-order valence-electron chi connectivity index (χ2n) is 7.59. The third-order valence-corrected chi connectivity index (χ3v) is 5.20. The van der Waals surface area contributed by atoms with Crippen LogP contribution in [0.4, 0.5) is 5.69 Å². The first kappa shape index (κ1) is 22.4. The van der Waals surface area contributed by atoms with Gasteiger partial charge in [0, 0.05) is 43.9 Å². The number of benzene rings is 2. The zero-order chi connectivity index (χ0) is 22.2. The molecule has 0 aromatic heterocycles. The molecule has 0 unspecified atom stereocenters. The van der Waals surface area contributed by atoms with Gasteiger partial charge in [0.15, 0.2) is 0 Å². The van der Waals surface area contributed by atoms with E-state index in [1.807, 2.05) is 24.3 Å². The molecule has 2 amide bonds. The Balaban J connectivity index is 1.40. The molecule has 31 heavy (non-hydrogen) atoms. The van der Waals surface area contributed by atoms with E-state index in [2.05, 4.69) is 15.5 Å². The van der Waals surface area contributed by atoms with Crippen LogP contribution >= 0.6 is 0 Å². The van der Waals surface area contributed by atoms with Crippen LogP contribution in [0.15, 0.2) is 48.5 Å². The molecular weight excluding hydrogens is 400 g/mol. The van der Waals surface area contributed by atoms with Gasteiger partial charge >= 0.3 is 0 Å². The van der Waals surface area contributed by atoms with Crippen LogP contribution in [0.2, 0.25) is 0 Å². The Morgan fingerprint density at radius 3 is 2.42 bits per heavy atom. The standard InChI is InChI=1S/C22H26N4O5/c27-20-8-10-25(11-9-20)15-17-6-4-16(5-7-17)13-23-21(28)14-24-22(29)18-2-1-3-19(12-18)26(30)31/h1-7,12,20,27H,8-11,13-15H2,(H,23,28)(H,24,29). The summed E-state index contributed by atoms with van der Waals surface area (Å²) < 4.78 is 0. The monoisotopic (exact) mass is 426 g/mol. The third kappa shape index (κ3) is 6.87. The van der Waals surface area contributed by atoms with Crippen molar-refractivity contribution >= 4 is 17.5 Å². The van der Waals surface area contributed by atoms with Gasteiger partial charge < -0.3 is 15.7 Å². The maximum Gasteiger partial charge on any atom is 0.270 e. The van der Waals surface area contributed by atoms with Crippen LogP contribution in [-0.2, 0) is 17.9 Å². The molecule has 1 saturated heterocycles. The van der Waals surface area contributed by atoms with Crippen LogP contribution < -0.4 is 10.6 Å². The summed E-state index contributed by atoms with van der Waals surface area (Å²) in [5.41, 5.74) is 2.06. The van der Waals surface area contributed by atoms with Gasteiger partial charge in [0.2, 0.25) is 5.91 Å². The molecule has 9 nitrogen and oxygen atoms in total. The minimum atomic E-state index is -0.578. The van der Waals surface area contributed by atoms with Crippen LogP contribution in [0.5, 0.6) is 0 Å². The Morgan fingerprint density at radius 2 is 1.74 bits per heavy atom. The number of nitro groups is 1. The molecule has 1 heterocycles. The van der Waals surface area contributed by atoms with E-state index >= 15 is 0 Å². The van der Waals surface area contributed by atoms with E-state index in [-0.39, 0.29) is 29.8 Å². The van der Waals surface area contributed by atoms with Crippen LogP contribution in [-0.4, -0.2) is 52.5 Å². The lowest BCUT2D eigenvalue weighted by atomic mass is 10.1. The molecule has 2 aromatic rings. The maximum atomic E-state index is 12.1. The maximum absolute atomic E-state index is 12.1. The summed E-state index contributed by atoms with van der Waals surface area (Å²) in [7, 11) is 0. The van der Waals surface area contributed by atoms with E-state index in [0.29, 0.717) is 6.54 Å². The highest BCUT2D eigenvalue weighted by Crippen LogP contribution is 2.15.